The fraction of sp³-hybridized carbons (Fsp3) is 0.217. The lowest BCUT2D eigenvalue weighted by molar-refractivity contribution is 0.303. The SMILES string of the molecule is Cc1ccccc1N(c1ccc2c(c1)C(C)(C)c1cc(-c3ccc(C(C)(C)C)cc3)c3c(c1-2)-c1ccccc1CO3)c1ccc2c(c1)C(C)(C)c1c3c(c4oc5ccccc5c4c1-2)-c1ccccc1C3(C)C. The van der Waals surface area contributed by atoms with E-state index in [9.17, 15) is 0 Å². The number of furan rings is 1. The molecule has 3 aliphatic carbocycles. The van der Waals surface area contributed by atoms with Crippen molar-refractivity contribution in [2.75, 3.05) is 4.90 Å². The summed E-state index contributed by atoms with van der Waals surface area (Å²) in [6.45, 7) is 24.2. The maximum atomic E-state index is 7.00. The van der Waals surface area contributed by atoms with Crippen molar-refractivity contribution < 1.29 is 9.15 Å². The molecule has 3 heteroatoms. The van der Waals surface area contributed by atoms with Crippen LogP contribution in [-0.4, -0.2) is 0 Å². The van der Waals surface area contributed by atoms with Crippen molar-refractivity contribution in [2.45, 2.75) is 97.5 Å². The lowest BCUT2D eigenvalue weighted by Gasteiger charge is -2.32. The van der Waals surface area contributed by atoms with Crippen LogP contribution in [0.15, 0.2) is 168 Å². The van der Waals surface area contributed by atoms with Crippen LogP contribution in [0.25, 0.3) is 77.6 Å². The molecule has 4 aliphatic rings. The Hall–Kier alpha value is -7.62. The number of benzene rings is 9. The van der Waals surface area contributed by atoms with Crippen LogP contribution in [0, 0.1) is 6.92 Å². The number of ether oxygens (including phenoxy) is 1. The Morgan fingerprint density at radius 1 is 0.486 bits per heavy atom. The molecule has 72 heavy (non-hydrogen) atoms. The highest BCUT2D eigenvalue weighted by molar-refractivity contribution is 6.21. The molecule has 0 fully saturated rings. The second-order valence-corrected chi connectivity index (χ2v) is 23.6. The fourth-order valence-corrected chi connectivity index (χ4v) is 13.7. The summed E-state index contributed by atoms with van der Waals surface area (Å²) in [6, 6.07) is 61.5. The molecule has 9 aromatic carbocycles. The minimum atomic E-state index is -0.322. The number of nitrogens with zero attached hydrogens (tertiary/aromatic N) is 1. The highest BCUT2D eigenvalue weighted by Gasteiger charge is 2.49. The van der Waals surface area contributed by atoms with E-state index in [0.717, 1.165) is 33.9 Å². The lowest BCUT2D eigenvalue weighted by atomic mass is 9.72. The Morgan fingerprint density at radius 2 is 1.08 bits per heavy atom. The van der Waals surface area contributed by atoms with Gasteiger partial charge in [0, 0.05) is 60.8 Å². The summed E-state index contributed by atoms with van der Waals surface area (Å²) in [5.41, 5.74) is 29.0. The Labute approximate surface area is 423 Å². The molecule has 352 valence electrons. The minimum Gasteiger partial charge on any atom is -0.488 e. The summed E-state index contributed by atoms with van der Waals surface area (Å²) in [5.74, 6) is 0.977. The van der Waals surface area contributed by atoms with Gasteiger partial charge in [-0.1, -0.05) is 184 Å². The normalized spacial score (nSPS) is 15.8. The van der Waals surface area contributed by atoms with Crippen molar-refractivity contribution in [3.05, 3.63) is 214 Å². The van der Waals surface area contributed by atoms with E-state index in [2.05, 4.69) is 238 Å². The monoisotopic (exact) mass is 933 g/mol. The summed E-state index contributed by atoms with van der Waals surface area (Å²) in [6.07, 6.45) is 0. The van der Waals surface area contributed by atoms with Gasteiger partial charge < -0.3 is 14.1 Å². The number of anilines is 3. The first-order chi connectivity index (χ1) is 34.5. The topological polar surface area (TPSA) is 25.6 Å². The first-order valence-electron chi connectivity index (χ1n) is 25.9. The molecule has 0 atom stereocenters. The van der Waals surface area contributed by atoms with Crippen LogP contribution in [0.2, 0.25) is 0 Å². The third-order valence-electron chi connectivity index (χ3n) is 17.4. The van der Waals surface area contributed by atoms with Crippen LogP contribution < -0.4 is 9.64 Å². The van der Waals surface area contributed by atoms with Crippen LogP contribution in [0.1, 0.15) is 112 Å². The van der Waals surface area contributed by atoms with E-state index in [-0.39, 0.29) is 21.7 Å². The van der Waals surface area contributed by atoms with Gasteiger partial charge in [0.1, 0.15) is 23.5 Å². The van der Waals surface area contributed by atoms with Gasteiger partial charge in [-0.15, -0.1) is 0 Å². The molecule has 0 unspecified atom stereocenters. The van der Waals surface area contributed by atoms with E-state index in [1.165, 1.54) is 117 Å². The first kappa shape index (κ1) is 43.2. The summed E-state index contributed by atoms with van der Waals surface area (Å²) < 4.78 is 13.9. The molecule has 0 bridgehead atoms. The molecular weight excluding hydrogens is 875 g/mol. The minimum absolute atomic E-state index is 0.0622. The largest absolute Gasteiger partial charge is 0.488 e. The summed E-state index contributed by atoms with van der Waals surface area (Å²) >= 11 is 0. The van der Waals surface area contributed by atoms with Crippen LogP contribution >= 0.6 is 0 Å². The molecule has 0 saturated heterocycles. The van der Waals surface area contributed by atoms with Crippen LogP contribution in [0.3, 0.4) is 0 Å². The van der Waals surface area contributed by atoms with Gasteiger partial charge in [-0.25, -0.2) is 0 Å². The maximum Gasteiger partial charge on any atom is 0.144 e. The van der Waals surface area contributed by atoms with Crippen molar-refractivity contribution in [2.24, 2.45) is 0 Å². The quantitative estimate of drug-likeness (QED) is 0.176. The van der Waals surface area contributed by atoms with Crippen molar-refractivity contribution in [1.29, 1.82) is 0 Å². The number of hydrogen-bond donors (Lipinski definition) is 0. The Morgan fingerprint density at radius 3 is 1.82 bits per heavy atom. The van der Waals surface area contributed by atoms with Gasteiger partial charge in [0.15, 0.2) is 0 Å². The lowest BCUT2D eigenvalue weighted by Crippen LogP contribution is -2.24. The zero-order valence-corrected chi connectivity index (χ0v) is 43.1. The van der Waals surface area contributed by atoms with E-state index >= 15 is 0 Å². The van der Waals surface area contributed by atoms with E-state index in [0.29, 0.717) is 6.61 Å². The van der Waals surface area contributed by atoms with Crippen LogP contribution in [0.4, 0.5) is 17.1 Å². The predicted octanol–water partition coefficient (Wildman–Crippen LogP) is 18.8. The Bertz CT molecular complexity index is 4000. The molecule has 2 heterocycles. The zero-order valence-electron chi connectivity index (χ0n) is 43.1. The highest BCUT2D eigenvalue weighted by Crippen LogP contribution is 2.64. The fourth-order valence-electron chi connectivity index (χ4n) is 13.7. The smallest absolute Gasteiger partial charge is 0.144 e. The summed E-state index contributed by atoms with van der Waals surface area (Å²) in [7, 11) is 0. The molecule has 0 saturated carbocycles. The van der Waals surface area contributed by atoms with Gasteiger partial charge in [0.2, 0.25) is 0 Å². The number of fused-ring (bicyclic) bond motifs is 19. The second kappa shape index (κ2) is 14.5. The van der Waals surface area contributed by atoms with Gasteiger partial charge in [-0.3, -0.25) is 0 Å². The van der Waals surface area contributed by atoms with Gasteiger partial charge >= 0.3 is 0 Å². The molecule has 1 aliphatic heterocycles. The van der Waals surface area contributed by atoms with E-state index < -0.39 is 0 Å². The average molecular weight is 934 g/mol. The van der Waals surface area contributed by atoms with Crippen LogP contribution in [0.5, 0.6) is 5.75 Å². The van der Waals surface area contributed by atoms with Gasteiger partial charge in [0.25, 0.3) is 0 Å². The Balaban J connectivity index is 0.968. The van der Waals surface area contributed by atoms with Crippen molar-refractivity contribution in [1.82, 2.24) is 0 Å². The van der Waals surface area contributed by atoms with E-state index in [1.54, 1.807) is 0 Å². The standard InChI is InChI=1S/C69H59NO2/c1-39-19-11-17-25-55(39)70(44-32-34-48-53(36-44)69(9,10)62-58(48)60-49-23-15-18-26-56(49)72-65(60)61-46-22-14-16-24-51(46)68(7,8)63(61)62)43-31-33-47-52(35-43)67(5,6)54-37-50(40-27-29-42(30-28-40)66(2,3)4)64-59(57(47)54)45-21-13-12-20-41(45)38-71-64/h11-37H,38H2,1-10H3. The number of rotatable bonds is 4. The first-order valence-corrected chi connectivity index (χ1v) is 25.9. The third kappa shape index (κ3) is 5.68. The third-order valence-corrected chi connectivity index (χ3v) is 17.4. The highest BCUT2D eigenvalue weighted by atomic mass is 16.5. The maximum absolute atomic E-state index is 7.00. The molecular formula is C69H59NO2. The van der Waals surface area contributed by atoms with Gasteiger partial charge in [0.05, 0.1) is 0 Å². The van der Waals surface area contributed by atoms with Crippen molar-refractivity contribution in [3.8, 4) is 61.4 Å². The summed E-state index contributed by atoms with van der Waals surface area (Å²) in [5, 5.41) is 2.40. The Kier molecular flexibility index (Phi) is 8.70. The molecule has 10 aromatic rings. The zero-order chi connectivity index (χ0) is 49.4. The van der Waals surface area contributed by atoms with E-state index in [4.69, 9.17) is 9.15 Å². The second-order valence-electron chi connectivity index (χ2n) is 23.6. The van der Waals surface area contributed by atoms with Crippen molar-refractivity contribution in [3.63, 3.8) is 0 Å². The molecule has 0 N–H and O–H groups in total. The van der Waals surface area contributed by atoms with Crippen LogP contribution in [-0.2, 0) is 28.3 Å². The summed E-state index contributed by atoms with van der Waals surface area (Å²) in [4.78, 5) is 2.51. The van der Waals surface area contributed by atoms with Gasteiger partial charge in [-0.05, 0) is 144 Å². The molecule has 0 spiro atoms. The molecule has 0 radical (unpaired) electrons. The van der Waals surface area contributed by atoms with Crippen molar-refractivity contribution >= 4 is 39.0 Å². The average Bonchev–Trinajstić information content (AvgIpc) is 4.02. The van der Waals surface area contributed by atoms with Gasteiger partial charge in [-0.2, -0.15) is 0 Å². The number of hydrogen-bond acceptors (Lipinski definition) is 3. The van der Waals surface area contributed by atoms with E-state index in [1.807, 2.05) is 0 Å². The molecule has 0 amide bonds. The predicted molar refractivity (Wildman–Crippen MR) is 300 cm³/mol. The number of para-hydroxylation sites is 2. The number of aryl methyl sites for hydroxylation is 1. The molecule has 3 nitrogen and oxygen atoms in total. The molecule has 14 rings (SSSR count). The molecule has 1 aromatic heterocycles.